The van der Waals surface area contributed by atoms with Crippen LogP contribution in [0.3, 0.4) is 0 Å². The molecule has 1 N–H and O–H groups in total. The number of aliphatic hydroxyl groups is 1. The molecule has 1 aromatic heterocycles. The Morgan fingerprint density at radius 2 is 2.14 bits per heavy atom. The third-order valence-electron chi connectivity index (χ3n) is 2.15. The van der Waals surface area contributed by atoms with Crippen LogP contribution in [0.4, 0.5) is 4.39 Å². The minimum absolute atomic E-state index is 0.190. The molecule has 0 saturated carbocycles. The number of aryl methyl sites for hydroxylation is 1. The third kappa shape index (κ3) is 1.46. The summed E-state index contributed by atoms with van der Waals surface area (Å²) in [7, 11) is 0. The largest absolute Gasteiger partial charge is 0.392 e. The number of nitrogens with zero attached hydrogens (tertiary/aromatic N) is 1. The second-order valence-corrected chi connectivity index (χ2v) is 3.25. The molecule has 0 amide bonds. The first-order valence-electron chi connectivity index (χ1n) is 4.37. The van der Waals surface area contributed by atoms with Gasteiger partial charge in [0.25, 0.3) is 0 Å². The molecule has 0 bridgehead atoms. The summed E-state index contributed by atoms with van der Waals surface area (Å²) in [5, 5.41) is 9.77. The van der Waals surface area contributed by atoms with Crippen molar-refractivity contribution < 1.29 is 9.50 Å². The fourth-order valence-corrected chi connectivity index (χ4v) is 1.49. The summed E-state index contributed by atoms with van der Waals surface area (Å²) in [6.07, 6.45) is 0. The van der Waals surface area contributed by atoms with E-state index in [1.54, 1.807) is 6.07 Å². The maximum Gasteiger partial charge on any atom is 0.124 e. The normalized spacial score (nSPS) is 10.8. The monoisotopic (exact) mass is 191 g/mol. The van der Waals surface area contributed by atoms with E-state index in [1.807, 2.05) is 13.0 Å². The van der Waals surface area contributed by atoms with Crippen LogP contribution in [-0.4, -0.2) is 10.1 Å². The second-order valence-electron chi connectivity index (χ2n) is 3.25. The van der Waals surface area contributed by atoms with E-state index in [9.17, 15) is 4.39 Å². The van der Waals surface area contributed by atoms with Crippen molar-refractivity contribution in [3.63, 3.8) is 0 Å². The van der Waals surface area contributed by atoms with Crippen molar-refractivity contribution in [3.8, 4) is 0 Å². The van der Waals surface area contributed by atoms with Gasteiger partial charge in [0.1, 0.15) is 5.82 Å². The molecule has 2 aromatic rings. The van der Waals surface area contributed by atoms with Gasteiger partial charge in [-0.2, -0.15) is 0 Å². The van der Waals surface area contributed by atoms with E-state index in [2.05, 4.69) is 4.98 Å². The summed E-state index contributed by atoms with van der Waals surface area (Å²) < 4.78 is 13.0. The molecule has 1 heterocycles. The highest BCUT2D eigenvalue weighted by Gasteiger charge is 2.04. The fraction of sp³-hybridized carbons (Fsp3) is 0.182. The van der Waals surface area contributed by atoms with Crippen molar-refractivity contribution in [1.82, 2.24) is 4.98 Å². The Balaban J connectivity index is 2.81. The van der Waals surface area contributed by atoms with Crippen molar-refractivity contribution in [2.45, 2.75) is 13.5 Å². The SMILES string of the molecule is Cc1ccc2cc(F)cc(CO)c2n1. The second kappa shape index (κ2) is 3.35. The number of halogens is 1. The molecule has 0 aliphatic heterocycles. The maximum absolute atomic E-state index is 13.0. The summed E-state index contributed by atoms with van der Waals surface area (Å²) in [4.78, 5) is 4.26. The van der Waals surface area contributed by atoms with Crippen molar-refractivity contribution in [1.29, 1.82) is 0 Å². The molecule has 2 rings (SSSR count). The molecule has 0 atom stereocenters. The molecule has 1 aromatic carbocycles. The van der Waals surface area contributed by atoms with Gasteiger partial charge in [0.15, 0.2) is 0 Å². The molecule has 0 spiro atoms. The Labute approximate surface area is 81.0 Å². The summed E-state index contributed by atoms with van der Waals surface area (Å²) >= 11 is 0. The molecule has 0 aliphatic carbocycles. The molecule has 0 fully saturated rings. The predicted octanol–water partition coefficient (Wildman–Crippen LogP) is 2.17. The summed E-state index contributed by atoms with van der Waals surface area (Å²) in [5.41, 5.74) is 2.07. The molecule has 0 unspecified atom stereocenters. The van der Waals surface area contributed by atoms with E-state index in [0.717, 1.165) is 11.1 Å². The highest BCUT2D eigenvalue weighted by molar-refractivity contribution is 5.81. The van der Waals surface area contributed by atoms with Crippen LogP contribution in [0.15, 0.2) is 24.3 Å². The molecule has 2 nitrogen and oxygen atoms in total. The van der Waals surface area contributed by atoms with Crippen LogP contribution >= 0.6 is 0 Å². The van der Waals surface area contributed by atoms with Crippen molar-refractivity contribution in [2.24, 2.45) is 0 Å². The predicted molar refractivity (Wildman–Crippen MR) is 52.4 cm³/mol. The number of benzene rings is 1. The zero-order chi connectivity index (χ0) is 10.1. The average Bonchev–Trinajstić information content (AvgIpc) is 2.17. The highest BCUT2D eigenvalue weighted by Crippen LogP contribution is 2.19. The lowest BCUT2D eigenvalue weighted by Crippen LogP contribution is -1.92. The van der Waals surface area contributed by atoms with Gasteiger partial charge in [-0.15, -0.1) is 0 Å². The number of rotatable bonds is 1. The lowest BCUT2D eigenvalue weighted by Gasteiger charge is -2.04. The van der Waals surface area contributed by atoms with Gasteiger partial charge in [-0.25, -0.2) is 4.39 Å². The summed E-state index contributed by atoms with van der Waals surface area (Å²) in [6.45, 7) is 1.68. The Morgan fingerprint density at radius 3 is 2.86 bits per heavy atom. The third-order valence-corrected chi connectivity index (χ3v) is 2.15. The lowest BCUT2D eigenvalue weighted by atomic mass is 10.1. The van der Waals surface area contributed by atoms with E-state index in [-0.39, 0.29) is 12.4 Å². The molecular weight excluding hydrogens is 181 g/mol. The number of hydrogen-bond acceptors (Lipinski definition) is 2. The van der Waals surface area contributed by atoms with Crippen molar-refractivity contribution in [2.75, 3.05) is 0 Å². The molecule has 3 heteroatoms. The zero-order valence-corrected chi connectivity index (χ0v) is 7.79. The van der Waals surface area contributed by atoms with Crippen LogP contribution in [0.1, 0.15) is 11.3 Å². The van der Waals surface area contributed by atoms with Gasteiger partial charge in [-0.3, -0.25) is 4.98 Å². The molecule has 0 aliphatic rings. The fourth-order valence-electron chi connectivity index (χ4n) is 1.49. The molecule has 0 saturated heterocycles. The standard InChI is InChI=1S/C11H10FNO/c1-7-2-3-8-4-10(12)5-9(6-14)11(8)13-7/h2-5,14H,6H2,1H3. The van der Waals surface area contributed by atoms with Crippen LogP contribution in [-0.2, 0) is 6.61 Å². The van der Waals surface area contributed by atoms with Crippen molar-refractivity contribution in [3.05, 3.63) is 41.3 Å². The van der Waals surface area contributed by atoms with Gasteiger partial charge in [-0.1, -0.05) is 6.07 Å². The van der Waals surface area contributed by atoms with Crippen LogP contribution in [0.25, 0.3) is 10.9 Å². The van der Waals surface area contributed by atoms with Crippen LogP contribution in [0.2, 0.25) is 0 Å². The maximum atomic E-state index is 13.0. The van der Waals surface area contributed by atoms with Crippen LogP contribution in [0, 0.1) is 12.7 Å². The lowest BCUT2D eigenvalue weighted by molar-refractivity contribution is 0.282. The van der Waals surface area contributed by atoms with Gasteiger partial charge in [0.2, 0.25) is 0 Å². The molecular formula is C11H10FNO. The Hall–Kier alpha value is -1.48. The number of pyridine rings is 1. The minimum atomic E-state index is -0.341. The van der Waals surface area contributed by atoms with E-state index in [4.69, 9.17) is 5.11 Å². The minimum Gasteiger partial charge on any atom is -0.392 e. The van der Waals surface area contributed by atoms with E-state index >= 15 is 0 Å². The van der Waals surface area contributed by atoms with Gasteiger partial charge in [0, 0.05) is 16.6 Å². The first-order valence-corrected chi connectivity index (χ1v) is 4.37. The molecule has 72 valence electrons. The number of aromatic nitrogens is 1. The van der Waals surface area contributed by atoms with E-state index in [1.165, 1.54) is 12.1 Å². The first kappa shape index (κ1) is 9.09. The number of aliphatic hydroxyl groups excluding tert-OH is 1. The Bertz CT molecular complexity index is 482. The molecule has 0 radical (unpaired) electrons. The Kier molecular flexibility index (Phi) is 2.17. The van der Waals surface area contributed by atoms with E-state index < -0.39 is 0 Å². The van der Waals surface area contributed by atoms with Gasteiger partial charge >= 0.3 is 0 Å². The van der Waals surface area contributed by atoms with Crippen molar-refractivity contribution >= 4 is 10.9 Å². The van der Waals surface area contributed by atoms with Gasteiger partial charge in [0.05, 0.1) is 12.1 Å². The van der Waals surface area contributed by atoms with Crippen LogP contribution < -0.4 is 0 Å². The number of fused-ring (bicyclic) bond motifs is 1. The summed E-state index contributed by atoms with van der Waals surface area (Å²) in [5.74, 6) is -0.341. The summed E-state index contributed by atoms with van der Waals surface area (Å²) in [6, 6.07) is 6.36. The smallest absolute Gasteiger partial charge is 0.124 e. The highest BCUT2D eigenvalue weighted by atomic mass is 19.1. The number of hydrogen-bond donors (Lipinski definition) is 1. The zero-order valence-electron chi connectivity index (χ0n) is 7.79. The Morgan fingerprint density at radius 1 is 1.36 bits per heavy atom. The van der Waals surface area contributed by atoms with Crippen LogP contribution in [0.5, 0.6) is 0 Å². The first-order chi connectivity index (χ1) is 6.70. The average molecular weight is 191 g/mol. The molecule has 14 heavy (non-hydrogen) atoms. The quantitative estimate of drug-likeness (QED) is 0.749. The topological polar surface area (TPSA) is 33.1 Å². The van der Waals surface area contributed by atoms with E-state index in [0.29, 0.717) is 11.1 Å². The van der Waals surface area contributed by atoms with Gasteiger partial charge in [-0.05, 0) is 25.1 Å². The van der Waals surface area contributed by atoms with Gasteiger partial charge < -0.3 is 5.11 Å².